The predicted molar refractivity (Wildman–Crippen MR) is 76.9 cm³/mol. The Morgan fingerprint density at radius 2 is 1.90 bits per heavy atom. The fraction of sp³-hybridized carbons (Fsp3) is 0.308. The molecule has 0 aliphatic rings. The number of pyridine rings is 1. The molecule has 0 saturated heterocycles. The van der Waals surface area contributed by atoms with Crippen molar-refractivity contribution in [1.29, 1.82) is 0 Å². The molecule has 0 amide bonds. The van der Waals surface area contributed by atoms with E-state index in [4.69, 9.17) is 9.47 Å². The van der Waals surface area contributed by atoms with Gasteiger partial charge in [0.25, 0.3) is 0 Å². The van der Waals surface area contributed by atoms with E-state index in [1.165, 1.54) is 6.20 Å². The molecule has 0 bridgehead atoms. The van der Waals surface area contributed by atoms with E-state index < -0.39 is 11.9 Å². The molecule has 20 heavy (non-hydrogen) atoms. The summed E-state index contributed by atoms with van der Waals surface area (Å²) in [6, 6.07) is 3.46. The Balaban J connectivity index is 2.89. The number of nitrogens with zero attached hydrogens (tertiary/aromatic N) is 1. The number of hydrogen-bond donors (Lipinski definition) is 1. The topological polar surface area (TPSA) is 77.5 Å². The molecular weight excluding hydrogens is 328 g/mol. The summed E-state index contributed by atoms with van der Waals surface area (Å²) in [4.78, 5) is 27.4. The summed E-state index contributed by atoms with van der Waals surface area (Å²) in [5, 5.41) is 2.76. The number of carbonyl (C=O) groups is 2. The van der Waals surface area contributed by atoms with Gasteiger partial charge in [0.2, 0.25) is 0 Å². The van der Waals surface area contributed by atoms with Crippen LogP contribution in [0.3, 0.4) is 0 Å². The lowest BCUT2D eigenvalue weighted by molar-refractivity contribution is -0.146. The highest BCUT2D eigenvalue weighted by molar-refractivity contribution is 9.10. The number of nitrogens with one attached hydrogen (secondary N) is 1. The molecule has 0 aromatic carbocycles. The number of rotatable bonds is 6. The van der Waals surface area contributed by atoms with Crippen LogP contribution in [0, 0.1) is 0 Å². The van der Waals surface area contributed by atoms with Crippen molar-refractivity contribution < 1.29 is 19.1 Å². The SMILES string of the molecule is CCOC(=O)C(=CNc1cc(Br)ccn1)C(=O)OCC. The molecule has 0 unspecified atom stereocenters. The predicted octanol–water partition coefficient (Wildman–Crippen LogP) is 2.27. The van der Waals surface area contributed by atoms with Crippen LogP contribution in [0.15, 0.2) is 34.6 Å². The van der Waals surface area contributed by atoms with Gasteiger partial charge in [-0.15, -0.1) is 0 Å². The van der Waals surface area contributed by atoms with Gasteiger partial charge in [-0.2, -0.15) is 0 Å². The number of anilines is 1. The number of halogens is 1. The summed E-state index contributed by atoms with van der Waals surface area (Å²) in [6.07, 6.45) is 2.80. The van der Waals surface area contributed by atoms with E-state index in [9.17, 15) is 9.59 Å². The molecule has 0 spiro atoms. The minimum Gasteiger partial charge on any atom is -0.462 e. The zero-order valence-electron chi connectivity index (χ0n) is 11.2. The molecule has 0 aliphatic heterocycles. The third-order valence-corrected chi connectivity index (χ3v) is 2.57. The first-order valence-electron chi connectivity index (χ1n) is 6.01. The normalized spacial score (nSPS) is 9.55. The van der Waals surface area contributed by atoms with Crippen LogP contribution >= 0.6 is 15.9 Å². The number of hydrogen-bond acceptors (Lipinski definition) is 6. The number of aromatic nitrogens is 1. The van der Waals surface area contributed by atoms with Gasteiger partial charge in [0.15, 0.2) is 5.57 Å². The maximum absolute atomic E-state index is 11.7. The summed E-state index contributed by atoms with van der Waals surface area (Å²) in [6.45, 7) is 3.66. The van der Waals surface area contributed by atoms with E-state index in [0.717, 1.165) is 4.47 Å². The third-order valence-electron chi connectivity index (χ3n) is 2.08. The molecule has 0 radical (unpaired) electrons. The van der Waals surface area contributed by atoms with Gasteiger partial charge >= 0.3 is 11.9 Å². The van der Waals surface area contributed by atoms with E-state index in [1.807, 2.05) is 0 Å². The smallest absolute Gasteiger partial charge is 0.347 e. The highest BCUT2D eigenvalue weighted by atomic mass is 79.9. The third kappa shape index (κ3) is 5.00. The molecular formula is C13H15BrN2O4. The highest BCUT2D eigenvalue weighted by Crippen LogP contribution is 2.13. The van der Waals surface area contributed by atoms with Crippen LogP contribution in [-0.2, 0) is 19.1 Å². The van der Waals surface area contributed by atoms with Crippen molar-refractivity contribution in [3.05, 3.63) is 34.6 Å². The molecule has 1 N–H and O–H groups in total. The number of carbonyl (C=O) groups excluding carboxylic acids is 2. The van der Waals surface area contributed by atoms with Crippen molar-refractivity contribution >= 4 is 33.7 Å². The van der Waals surface area contributed by atoms with Crippen LogP contribution in [0.4, 0.5) is 5.82 Å². The highest BCUT2D eigenvalue weighted by Gasteiger charge is 2.20. The van der Waals surface area contributed by atoms with Gasteiger partial charge in [-0.3, -0.25) is 0 Å². The Morgan fingerprint density at radius 1 is 1.30 bits per heavy atom. The molecule has 1 aromatic rings. The number of esters is 2. The molecule has 1 heterocycles. The molecule has 0 saturated carbocycles. The second-order valence-electron chi connectivity index (χ2n) is 3.50. The van der Waals surface area contributed by atoms with E-state index in [2.05, 4.69) is 26.2 Å². The lowest BCUT2D eigenvalue weighted by Crippen LogP contribution is -2.19. The monoisotopic (exact) mass is 342 g/mol. The van der Waals surface area contributed by atoms with Crippen LogP contribution in [0.1, 0.15) is 13.8 Å². The average molecular weight is 343 g/mol. The minimum absolute atomic E-state index is 0.171. The zero-order chi connectivity index (χ0) is 15.0. The summed E-state index contributed by atoms with van der Waals surface area (Å²) in [5.74, 6) is -1.01. The fourth-order valence-electron chi connectivity index (χ4n) is 1.25. The van der Waals surface area contributed by atoms with Gasteiger partial charge in [-0.1, -0.05) is 15.9 Å². The summed E-state index contributed by atoms with van der Waals surface area (Å²) >= 11 is 3.29. The second kappa shape index (κ2) is 8.31. The Kier molecular flexibility index (Phi) is 6.72. The summed E-state index contributed by atoms with van der Waals surface area (Å²) < 4.78 is 10.4. The molecule has 1 aromatic heterocycles. The first-order valence-corrected chi connectivity index (χ1v) is 6.80. The van der Waals surface area contributed by atoms with Crippen LogP contribution in [0.25, 0.3) is 0 Å². The first kappa shape index (κ1) is 16.2. The van der Waals surface area contributed by atoms with Crippen LogP contribution in [0.5, 0.6) is 0 Å². The summed E-state index contributed by atoms with van der Waals surface area (Å²) in [7, 11) is 0. The average Bonchev–Trinajstić information content (AvgIpc) is 2.39. The minimum atomic E-state index is -0.742. The zero-order valence-corrected chi connectivity index (χ0v) is 12.8. The van der Waals surface area contributed by atoms with Gasteiger partial charge in [0.05, 0.1) is 13.2 Å². The van der Waals surface area contributed by atoms with Crippen molar-refractivity contribution in [2.45, 2.75) is 13.8 Å². The molecule has 108 valence electrons. The lowest BCUT2D eigenvalue weighted by atomic mass is 10.3. The summed E-state index contributed by atoms with van der Waals surface area (Å²) in [5.41, 5.74) is -0.213. The van der Waals surface area contributed by atoms with Crippen molar-refractivity contribution in [2.75, 3.05) is 18.5 Å². The van der Waals surface area contributed by atoms with Crippen molar-refractivity contribution in [2.24, 2.45) is 0 Å². The Morgan fingerprint density at radius 3 is 2.40 bits per heavy atom. The van der Waals surface area contributed by atoms with Gasteiger partial charge < -0.3 is 14.8 Å². The van der Waals surface area contributed by atoms with E-state index in [0.29, 0.717) is 5.82 Å². The van der Waals surface area contributed by atoms with Gasteiger partial charge in [0.1, 0.15) is 5.82 Å². The Labute approximate surface area is 125 Å². The van der Waals surface area contributed by atoms with Crippen molar-refractivity contribution in [1.82, 2.24) is 4.98 Å². The largest absolute Gasteiger partial charge is 0.462 e. The number of ether oxygens (including phenoxy) is 2. The molecule has 0 aliphatic carbocycles. The van der Waals surface area contributed by atoms with Gasteiger partial charge in [0, 0.05) is 16.9 Å². The maximum Gasteiger partial charge on any atom is 0.347 e. The van der Waals surface area contributed by atoms with E-state index in [-0.39, 0.29) is 18.8 Å². The Bertz CT molecular complexity index is 497. The fourth-order valence-corrected chi connectivity index (χ4v) is 1.58. The Hall–Kier alpha value is -1.89. The molecule has 7 heteroatoms. The quantitative estimate of drug-likeness (QED) is 0.370. The standard InChI is InChI=1S/C13H15BrN2O4/c1-3-19-12(17)10(13(18)20-4-2)8-16-11-7-9(14)5-6-15-11/h5-8H,3-4H2,1-2H3,(H,15,16). The van der Waals surface area contributed by atoms with E-state index in [1.54, 1.807) is 32.2 Å². The van der Waals surface area contributed by atoms with Gasteiger partial charge in [-0.25, -0.2) is 14.6 Å². The molecule has 1 rings (SSSR count). The van der Waals surface area contributed by atoms with Crippen LogP contribution < -0.4 is 5.32 Å². The van der Waals surface area contributed by atoms with Crippen LogP contribution in [0.2, 0.25) is 0 Å². The first-order chi connectivity index (χ1) is 9.58. The maximum atomic E-state index is 11.7. The lowest BCUT2D eigenvalue weighted by Gasteiger charge is -2.07. The second-order valence-corrected chi connectivity index (χ2v) is 4.42. The molecule has 0 atom stereocenters. The van der Waals surface area contributed by atoms with Crippen LogP contribution in [-0.4, -0.2) is 30.1 Å². The van der Waals surface area contributed by atoms with Gasteiger partial charge in [-0.05, 0) is 26.0 Å². The molecule has 6 nitrogen and oxygen atoms in total. The van der Waals surface area contributed by atoms with Crippen molar-refractivity contribution in [3.8, 4) is 0 Å². The van der Waals surface area contributed by atoms with E-state index >= 15 is 0 Å². The van der Waals surface area contributed by atoms with Crippen molar-refractivity contribution in [3.63, 3.8) is 0 Å². The molecule has 0 fully saturated rings.